The Labute approximate surface area is 170 Å². The number of rotatable bonds is 5. The molecule has 26 heavy (non-hydrogen) atoms. The van der Waals surface area contributed by atoms with E-state index >= 15 is 0 Å². The van der Waals surface area contributed by atoms with Gasteiger partial charge >= 0.3 is 0 Å². The van der Waals surface area contributed by atoms with Gasteiger partial charge in [-0.3, -0.25) is 4.79 Å². The Kier molecular flexibility index (Phi) is 8.79. The van der Waals surface area contributed by atoms with E-state index in [4.69, 9.17) is 11.6 Å². The summed E-state index contributed by atoms with van der Waals surface area (Å²) in [6.45, 7) is 3.53. The molecule has 1 atom stereocenters. The molecule has 1 heterocycles. The predicted octanol–water partition coefficient (Wildman–Crippen LogP) is 4.41. The van der Waals surface area contributed by atoms with Gasteiger partial charge in [-0.05, 0) is 36.2 Å². The van der Waals surface area contributed by atoms with Crippen molar-refractivity contribution in [2.75, 3.05) is 31.9 Å². The fourth-order valence-electron chi connectivity index (χ4n) is 2.99. The Morgan fingerprint density at radius 2 is 1.73 bits per heavy atom. The Morgan fingerprint density at radius 3 is 2.46 bits per heavy atom. The van der Waals surface area contributed by atoms with Crippen molar-refractivity contribution in [2.45, 2.75) is 11.7 Å². The second-order valence-electron chi connectivity index (χ2n) is 6.14. The Bertz CT molecular complexity index is 674. The van der Waals surface area contributed by atoms with Crippen LogP contribution in [0.2, 0.25) is 5.02 Å². The van der Waals surface area contributed by atoms with E-state index < -0.39 is 0 Å². The zero-order valence-corrected chi connectivity index (χ0v) is 17.0. The molecule has 1 fully saturated rings. The second-order valence-corrected chi connectivity index (χ2v) is 7.67. The van der Waals surface area contributed by atoms with Gasteiger partial charge in [0.1, 0.15) is 0 Å². The van der Waals surface area contributed by atoms with Crippen molar-refractivity contribution >= 4 is 41.7 Å². The molecule has 0 saturated carbocycles. The Morgan fingerprint density at radius 1 is 1.04 bits per heavy atom. The fraction of sp³-hybridized carbons (Fsp3) is 0.350. The SMILES string of the molecule is Cl.O=C(CSC(c1ccccc1)c1ccc(Cl)cc1)N1CCCNCC1. The van der Waals surface area contributed by atoms with Gasteiger partial charge in [0, 0.05) is 24.7 Å². The molecule has 1 saturated heterocycles. The Balaban J connectivity index is 0.00000243. The van der Waals surface area contributed by atoms with Crippen LogP contribution in [0, 0.1) is 0 Å². The lowest BCUT2D eigenvalue weighted by molar-refractivity contribution is -0.128. The third-order valence-corrected chi connectivity index (χ3v) is 5.88. The average molecular weight is 411 g/mol. The maximum Gasteiger partial charge on any atom is 0.232 e. The van der Waals surface area contributed by atoms with Crippen LogP contribution in [0.1, 0.15) is 22.8 Å². The van der Waals surface area contributed by atoms with Crippen molar-refractivity contribution in [1.29, 1.82) is 0 Å². The summed E-state index contributed by atoms with van der Waals surface area (Å²) in [5.74, 6) is 0.714. The van der Waals surface area contributed by atoms with Crippen LogP contribution in [-0.2, 0) is 4.79 Å². The zero-order valence-electron chi connectivity index (χ0n) is 14.6. The number of amides is 1. The molecule has 3 nitrogen and oxygen atoms in total. The molecule has 1 N–H and O–H groups in total. The molecule has 6 heteroatoms. The normalized spacial score (nSPS) is 15.7. The highest BCUT2D eigenvalue weighted by Crippen LogP contribution is 2.36. The number of hydrogen-bond donors (Lipinski definition) is 1. The molecule has 2 aromatic carbocycles. The van der Waals surface area contributed by atoms with Gasteiger partial charge in [0.2, 0.25) is 5.91 Å². The van der Waals surface area contributed by atoms with Crippen molar-refractivity contribution in [1.82, 2.24) is 10.2 Å². The molecule has 1 unspecified atom stereocenters. The van der Waals surface area contributed by atoms with Crippen LogP contribution >= 0.6 is 35.8 Å². The molecule has 2 aromatic rings. The lowest BCUT2D eigenvalue weighted by Gasteiger charge is -2.22. The summed E-state index contributed by atoms with van der Waals surface area (Å²) in [5, 5.41) is 4.20. The molecule has 1 amide bonds. The molecule has 0 radical (unpaired) electrons. The molecule has 0 bridgehead atoms. The summed E-state index contributed by atoms with van der Waals surface area (Å²) in [7, 11) is 0. The van der Waals surface area contributed by atoms with E-state index in [0.717, 1.165) is 37.6 Å². The van der Waals surface area contributed by atoms with Gasteiger partial charge < -0.3 is 10.2 Å². The third-order valence-electron chi connectivity index (χ3n) is 4.34. The first-order chi connectivity index (χ1) is 12.2. The number of nitrogens with one attached hydrogen (secondary N) is 1. The highest BCUT2D eigenvalue weighted by molar-refractivity contribution is 8.00. The molecule has 1 aliphatic heterocycles. The first-order valence-corrected chi connectivity index (χ1v) is 10.1. The van der Waals surface area contributed by atoms with Gasteiger partial charge in [0.15, 0.2) is 0 Å². The number of carbonyl (C=O) groups is 1. The maximum atomic E-state index is 12.6. The van der Waals surface area contributed by atoms with E-state index in [2.05, 4.69) is 17.4 Å². The van der Waals surface area contributed by atoms with E-state index in [0.29, 0.717) is 5.75 Å². The van der Waals surface area contributed by atoms with Crippen LogP contribution in [0.25, 0.3) is 0 Å². The number of benzene rings is 2. The average Bonchev–Trinajstić information content (AvgIpc) is 2.93. The van der Waals surface area contributed by atoms with Crippen LogP contribution in [-0.4, -0.2) is 42.7 Å². The van der Waals surface area contributed by atoms with Gasteiger partial charge in [-0.1, -0.05) is 54.1 Å². The predicted molar refractivity (Wildman–Crippen MR) is 114 cm³/mol. The zero-order chi connectivity index (χ0) is 17.5. The smallest absolute Gasteiger partial charge is 0.232 e. The van der Waals surface area contributed by atoms with Crippen molar-refractivity contribution in [3.63, 3.8) is 0 Å². The van der Waals surface area contributed by atoms with Crippen molar-refractivity contribution in [3.05, 3.63) is 70.7 Å². The van der Waals surface area contributed by atoms with Gasteiger partial charge in [-0.2, -0.15) is 0 Å². The molecule has 1 aliphatic rings. The molecular weight excluding hydrogens is 387 g/mol. The van der Waals surface area contributed by atoms with Crippen molar-refractivity contribution in [2.24, 2.45) is 0 Å². The van der Waals surface area contributed by atoms with Crippen molar-refractivity contribution < 1.29 is 4.79 Å². The number of hydrogen-bond acceptors (Lipinski definition) is 3. The van der Waals surface area contributed by atoms with Crippen LogP contribution in [0.3, 0.4) is 0 Å². The van der Waals surface area contributed by atoms with E-state index in [9.17, 15) is 4.79 Å². The largest absolute Gasteiger partial charge is 0.341 e. The van der Waals surface area contributed by atoms with E-state index in [1.807, 2.05) is 47.4 Å². The first kappa shape index (κ1) is 21.1. The minimum absolute atomic E-state index is 0. The van der Waals surface area contributed by atoms with Gasteiger partial charge in [0.25, 0.3) is 0 Å². The fourth-order valence-corrected chi connectivity index (χ4v) is 4.31. The minimum atomic E-state index is 0. The summed E-state index contributed by atoms with van der Waals surface area (Å²) in [5.41, 5.74) is 2.38. The summed E-state index contributed by atoms with van der Waals surface area (Å²) in [6, 6.07) is 18.3. The highest BCUT2D eigenvalue weighted by Gasteiger charge is 2.20. The van der Waals surface area contributed by atoms with Gasteiger partial charge in [-0.25, -0.2) is 0 Å². The van der Waals surface area contributed by atoms with Crippen LogP contribution in [0.5, 0.6) is 0 Å². The molecule has 0 spiro atoms. The maximum absolute atomic E-state index is 12.6. The number of carbonyl (C=O) groups excluding carboxylic acids is 1. The topological polar surface area (TPSA) is 32.3 Å². The van der Waals surface area contributed by atoms with E-state index in [1.165, 1.54) is 11.1 Å². The monoisotopic (exact) mass is 410 g/mol. The van der Waals surface area contributed by atoms with E-state index in [-0.39, 0.29) is 23.6 Å². The molecule has 140 valence electrons. The lowest BCUT2D eigenvalue weighted by atomic mass is 10.0. The highest BCUT2D eigenvalue weighted by atomic mass is 35.5. The third kappa shape index (κ3) is 5.92. The quantitative estimate of drug-likeness (QED) is 0.791. The number of halogens is 2. The van der Waals surface area contributed by atoms with Crippen molar-refractivity contribution in [3.8, 4) is 0 Å². The van der Waals surface area contributed by atoms with Gasteiger partial charge in [-0.15, -0.1) is 24.2 Å². The summed E-state index contributed by atoms with van der Waals surface area (Å²) < 4.78 is 0. The molecule has 3 rings (SSSR count). The van der Waals surface area contributed by atoms with Crippen LogP contribution < -0.4 is 5.32 Å². The lowest BCUT2D eigenvalue weighted by Crippen LogP contribution is -2.35. The first-order valence-electron chi connectivity index (χ1n) is 8.64. The van der Waals surface area contributed by atoms with Crippen LogP contribution in [0.4, 0.5) is 0 Å². The standard InChI is InChI=1S/C20H23ClN2OS.ClH/c21-18-9-7-17(8-10-18)20(16-5-2-1-3-6-16)25-15-19(24)23-13-4-11-22-12-14-23;/h1-3,5-10,20,22H,4,11-15H2;1H. The summed E-state index contributed by atoms with van der Waals surface area (Å²) >= 11 is 7.72. The summed E-state index contributed by atoms with van der Waals surface area (Å²) in [4.78, 5) is 14.6. The van der Waals surface area contributed by atoms with Crippen LogP contribution in [0.15, 0.2) is 54.6 Å². The number of thioether (sulfide) groups is 1. The minimum Gasteiger partial charge on any atom is -0.341 e. The van der Waals surface area contributed by atoms with E-state index in [1.54, 1.807) is 11.8 Å². The van der Waals surface area contributed by atoms with Gasteiger partial charge in [0.05, 0.1) is 11.0 Å². The Hall–Kier alpha value is -1.20. The molecular formula is C20H24Cl2N2OS. The molecule has 0 aliphatic carbocycles. The molecule has 0 aromatic heterocycles. The summed E-state index contributed by atoms with van der Waals surface area (Å²) in [6.07, 6.45) is 1.02. The second kappa shape index (κ2) is 10.8. The number of nitrogens with zero attached hydrogens (tertiary/aromatic N) is 1.